The third kappa shape index (κ3) is 5.23. The topological polar surface area (TPSA) is 75.6 Å². The Labute approximate surface area is 141 Å². The second kappa shape index (κ2) is 8.18. The Morgan fingerprint density at radius 3 is 2.32 bits per heavy atom. The van der Waals surface area contributed by atoms with Crippen LogP contribution in [0.15, 0.2) is 42.5 Å². The summed E-state index contributed by atoms with van der Waals surface area (Å²) in [6.07, 6.45) is -1.75. The molecular weight excluding hydrogens is 339 g/mol. The van der Waals surface area contributed by atoms with Crippen LogP contribution in [0.1, 0.15) is 23.6 Å². The third-order valence-corrected chi connectivity index (χ3v) is 3.30. The summed E-state index contributed by atoms with van der Waals surface area (Å²) in [6.45, 7) is -0.0905. The second-order valence-corrected chi connectivity index (χ2v) is 5.14. The van der Waals surface area contributed by atoms with Crippen molar-refractivity contribution in [1.29, 1.82) is 0 Å². The summed E-state index contributed by atoms with van der Waals surface area (Å²) < 4.78 is 45.1. The highest BCUT2D eigenvalue weighted by Crippen LogP contribution is 2.23. The Hall–Kier alpha value is -3.03. The maximum Gasteiger partial charge on any atom is 0.407 e. The number of amides is 1. The van der Waals surface area contributed by atoms with Crippen molar-refractivity contribution in [1.82, 2.24) is 5.32 Å². The molecule has 2 aromatic rings. The van der Waals surface area contributed by atoms with Crippen LogP contribution < -0.4 is 5.32 Å². The van der Waals surface area contributed by atoms with E-state index in [4.69, 9.17) is 9.84 Å². The molecule has 2 rings (SSSR count). The molecule has 0 aliphatic heterocycles. The number of benzene rings is 2. The lowest BCUT2D eigenvalue weighted by Crippen LogP contribution is -2.31. The molecule has 0 saturated carbocycles. The summed E-state index contributed by atoms with van der Waals surface area (Å²) in [6, 6.07) is 8.04. The quantitative estimate of drug-likeness (QED) is 0.779. The van der Waals surface area contributed by atoms with E-state index in [0.29, 0.717) is 11.6 Å². The van der Waals surface area contributed by atoms with Gasteiger partial charge in [-0.05, 0) is 11.6 Å². The van der Waals surface area contributed by atoms with Crippen LogP contribution in [-0.4, -0.2) is 17.2 Å². The number of alkyl carbamates (subject to hydrolysis) is 1. The molecule has 0 fully saturated rings. The van der Waals surface area contributed by atoms with Crippen LogP contribution in [0.4, 0.5) is 18.0 Å². The van der Waals surface area contributed by atoms with Crippen molar-refractivity contribution in [3.05, 3.63) is 71.0 Å². The number of nitrogens with one attached hydrogen (secondary N) is 1. The molecule has 0 saturated heterocycles. The van der Waals surface area contributed by atoms with Crippen molar-refractivity contribution in [3.63, 3.8) is 0 Å². The van der Waals surface area contributed by atoms with Gasteiger partial charge in [-0.1, -0.05) is 30.3 Å². The first kappa shape index (κ1) is 18.3. The minimum atomic E-state index is -1.42. The largest absolute Gasteiger partial charge is 0.481 e. The molecule has 0 aliphatic rings. The zero-order chi connectivity index (χ0) is 18.4. The molecule has 0 heterocycles. The normalized spacial score (nSPS) is 11.6. The lowest BCUT2D eigenvalue weighted by atomic mass is 10.0. The molecule has 0 radical (unpaired) electrons. The van der Waals surface area contributed by atoms with E-state index >= 15 is 0 Å². The minimum Gasteiger partial charge on any atom is -0.481 e. The van der Waals surface area contributed by atoms with E-state index in [1.807, 2.05) is 0 Å². The number of rotatable bonds is 6. The number of carbonyl (C=O) groups is 2. The third-order valence-electron chi connectivity index (χ3n) is 3.30. The minimum absolute atomic E-state index is 0.0905. The van der Waals surface area contributed by atoms with Crippen molar-refractivity contribution < 1.29 is 32.6 Å². The first-order valence-corrected chi connectivity index (χ1v) is 7.20. The van der Waals surface area contributed by atoms with Crippen molar-refractivity contribution in [3.8, 4) is 0 Å². The van der Waals surface area contributed by atoms with E-state index in [1.54, 1.807) is 30.3 Å². The van der Waals surface area contributed by atoms with Gasteiger partial charge in [0, 0.05) is 11.6 Å². The molecule has 0 aromatic heterocycles. The number of carboxylic acid groups (broad SMARTS) is 1. The van der Waals surface area contributed by atoms with Crippen LogP contribution in [0.3, 0.4) is 0 Å². The van der Waals surface area contributed by atoms with Gasteiger partial charge < -0.3 is 15.2 Å². The van der Waals surface area contributed by atoms with E-state index in [2.05, 4.69) is 5.32 Å². The summed E-state index contributed by atoms with van der Waals surface area (Å²) in [7, 11) is 0. The van der Waals surface area contributed by atoms with Gasteiger partial charge >= 0.3 is 12.1 Å². The van der Waals surface area contributed by atoms with Crippen LogP contribution in [0.5, 0.6) is 0 Å². The van der Waals surface area contributed by atoms with Crippen LogP contribution in [0.2, 0.25) is 0 Å². The van der Waals surface area contributed by atoms with Crippen molar-refractivity contribution in [2.45, 2.75) is 19.1 Å². The molecule has 2 aromatic carbocycles. The van der Waals surface area contributed by atoms with E-state index in [9.17, 15) is 22.8 Å². The maximum absolute atomic E-state index is 13.8. The monoisotopic (exact) mass is 353 g/mol. The summed E-state index contributed by atoms with van der Waals surface area (Å²) in [5.74, 6) is -5.31. The van der Waals surface area contributed by atoms with Crippen LogP contribution in [0, 0.1) is 17.5 Å². The zero-order valence-electron chi connectivity index (χ0n) is 12.8. The summed E-state index contributed by atoms with van der Waals surface area (Å²) in [5, 5.41) is 11.0. The summed E-state index contributed by atoms with van der Waals surface area (Å²) in [5.41, 5.74) is 0.199. The number of aliphatic carboxylic acids is 1. The average molecular weight is 353 g/mol. The van der Waals surface area contributed by atoms with Gasteiger partial charge in [0.05, 0.1) is 12.5 Å². The zero-order valence-corrected chi connectivity index (χ0v) is 12.8. The highest BCUT2D eigenvalue weighted by atomic mass is 19.2. The Kier molecular flexibility index (Phi) is 5.99. The summed E-state index contributed by atoms with van der Waals surface area (Å²) >= 11 is 0. The van der Waals surface area contributed by atoms with Gasteiger partial charge in [0.2, 0.25) is 0 Å². The van der Waals surface area contributed by atoms with E-state index < -0.39 is 47.5 Å². The molecule has 0 bridgehead atoms. The van der Waals surface area contributed by atoms with E-state index in [-0.39, 0.29) is 12.7 Å². The molecule has 5 nitrogen and oxygen atoms in total. The average Bonchev–Trinajstić information content (AvgIpc) is 2.56. The molecule has 8 heteroatoms. The number of carbonyl (C=O) groups excluding carboxylic acids is 1. The molecule has 25 heavy (non-hydrogen) atoms. The number of hydrogen-bond acceptors (Lipinski definition) is 3. The predicted octanol–water partition coefficient (Wildman–Crippen LogP) is 3.55. The Morgan fingerprint density at radius 2 is 1.68 bits per heavy atom. The first-order chi connectivity index (χ1) is 11.9. The van der Waals surface area contributed by atoms with Gasteiger partial charge in [-0.3, -0.25) is 4.79 Å². The van der Waals surface area contributed by atoms with Crippen molar-refractivity contribution in [2.24, 2.45) is 0 Å². The van der Waals surface area contributed by atoms with E-state index in [0.717, 1.165) is 0 Å². The highest BCUT2D eigenvalue weighted by molar-refractivity contribution is 5.72. The van der Waals surface area contributed by atoms with Crippen LogP contribution in [-0.2, 0) is 16.1 Å². The molecular formula is C17H14F3NO4. The number of halogens is 3. The second-order valence-electron chi connectivity index (χ2n) is 5.14. The lowest BCUT2D eigenvalue weighted by molar-refractivity contribution is -0.137. The first-order valence-electron chi connectivity index (χ1n) is 7.20. The fourth-order valence-electron chi connectivity index (χ4n) is 2.13. The van der Waals surface area contributed by atoms with Crippen LogP contribution in [0.25, 0.3) is 0 Å². The molecule has 2 N–H and O–H groups in total. The molecule has 132 valence electrons. The molecule has 0 spiro atoms. The Morgan fingerprint density at radius 1 is 1.04 bits per heavy atom. The van der Waals surface area contributed by atoms with Gasteiger partial charge in [-0.15, -0.1) is 0 Å². The number of ether oxygens (including phenoxy) is 1. The molecule has 1 amide bonds. The van der Waals surface area contributed by atoms with Gasteiger partial charge in [0.15, 0.2) is 11.6 Å². The van der Waals surface area contributed by atoms with Crippen molar-refractivity contribution in [2.75, 3.05) is 0 Å². The highest BCUT2D eigenvalue weighted by Gasteiger charge is 2.24. The van der Waals surface area contributed by atoms with Gasteiger partial charge in [-0.25, -0.2) is 18.0 Å². The summed E-state index contributed by atoms with van der Waals surface area (Å²) in [4.78, 5) is 22.8. The smallest absolute Gasteiger partial charge is 0.407 e. The lowest BCUT2D eigenvalue weighted by Gasteiger charge is -2.18. The van der Waals surface area contributed by atoms with Crippen LogP contribution >= 0.6 is 0 Å². The Bertz CT molecular complexity index is 768. The van der Waals surface area contributed by atoms with Gasteiger partial charge in [0.25, 0.3) is 0 Å². The number of hydrogen-bond donors (Lipinski definition) is 2. The maximum atomic E-state index is 13.8. The fourth-order valence-corrected chi connectivity index (χ4v) is 2.13. The van der Waals surface area contributed by atoms with E-state index in [1.165, 1.54) is 0 Å². The fraction of sp³-hybridized carbons (Fsp3) is 0.176. The molecule has 0 aliphatic carbocycles. The van der Waals surface area contributed by atoms with Gasteiger partial charge in [-0.2, -0.15) is 0 Å². The SMILES string of the molecule is O=C(O)C[C@H](NC(=O)OCc1ccccc1)c1cc(F)c(F)cc1F. The predicted molar refractivity (Wildman–Crippen MR) is 81.1 cm³/mol. The molecule has 0 unspecified atom stereocenters. The van der Waals surface area contributed by atoms with Gasteiger partial charge in [0.1, 0.15) is 12.4 Å². The molecule has 1 atom stereocenters. The number of carboxylic acids is 1. The standard InChI is InChI=1S/C17H14F3NO4/c18-12-7-14(20)13(19)6-11(12)15(8-16(22)23)21-17(24)25-9-10-4-2-1-3-5-10/h1-7,15H,8-9H2,(H,21,24)(H,22,23)/t15-/m0/s1. The van der Waals surface area contributed by atoms with Crippen molar-refractivity contribution >= 4 is 12.1 Å². The Balaban J connectivity index is 2.11.